The highest BCUT2D eigenvalue weighted by Crippen LogP contribution is 2.29. The van der Waals surface area contributed by atoms with Crippen LogP contribution >= 0.6 is 0 Å². The Hall–Kier alpha value is -4.27. The van der Waals surface area contributed by atoms with Crippen molar-refractivity contribution in [2.75, 3.05) is 39.4 Å². The van der Waals surface area contributed by atoms with Crippen LogP contribution in [-0.4, -0.2) is 45.9 Å². The number of benzene rings is 3. The number of hydrogen-bond acceptors (Lipinski definition) is 7. The van der Waals surface area contributed by atoms with Crippen molar-refractivity contribution >= 4 is 17.6 Å². The fraction of sp³-hybridized carbons (Fsp3) is 0.200. The van der Waals surface area contributed by atoms with Crippen LogP contribution in [0.5, 0.6) is 23.0 Å². The Morgan fingerprint density at radius 2 is 1.50 bits per heavy atom. The Kier molecular flexibility index (Phi) is 8.67. The van der Waals surface area contributed by atoms with Crippen molar-refractivity contribution in [3.8, 4) is 23.0 Å². The molecule has 9 heteroatoms. The molecule has 0 saturated heterocycles. The van der Waals surface area contributed by atoms with Gasteiger partial charge in [-0.3, -0.25) is 4.79 Å². The molecule has 0 unspecified atom stereocenters. The number of hydrogen-bond donors (Lipinski definition) is 1. The van der Waals surface area contributed by atoms with Gasteiger partial charge in [0.15, 0.2) is 29.7 Å². The second kappa shape index (κ2) is 12.1. The largest absolute Gasteiger partial charge is 0.495 e. The van der Waals surface area contributed by atoms with Gasteiger partial charge in [0.25, 0.3) is 5.91 Å². The van der Waals surface area contributed by atoms with E-state index in [2.05, 4.69) is 5.32 Å². The summed E-state index contributed by atoms with van der Waals surface area (Å²) in [5, 5.41) is 2.70. The van der Waals surface area contributed by atoms with Crippen LogP contribution in [0.3, 0.4) is 0 Å². The summed E-state index contributed by atoms with van der Waals surface area (Å²) in [6.45, 7) is -0.366. The lowest BCUT2D eigenvalue weighted by molar-refractivity contribution is -0.118. The SMILES string of the molecule is COc1ccccc1NC(=O)COc1ccc(C(=O)OCCOc2ccccc2F)cc1OC. The Morgan fingerprint density at radius 1 is 0.794 bits per heavy atom. The lowest BCUT2D eigenvalue weighted by atomic mass is 10.2. The number of para-hydroxylation sites is 3. The molecular formula is C25H24FNO7. The number of esters is 1. The van der Waals surface area contributed by atoms with Gasteiger partial charge in [-0.05, 0) is 42.5 Å². The van der Waals surface area contributed by atoms with E-state index >= 15 is 0 Å². The lowest BCUT2D eigenvalue weighted by Gasteiger charge is -2.13. The zero-order chi connectivity index (χ0) is 24.3. The smallest absolute Gasteiger partial charge is 0.338 e. The highest BCUT2D eigenvalue weighted by molar-refractivity contribution is 5.93. The number of ether oxygens (including phenoxy) is 5. The van der Waals surface area contributed by atoms with Crippen LogP contribution in [0, 0.1) is 5.82 Å². The summed E-state index contributed by atoms with van der Waals surface area (Å²) >= 11 is 0. The van der Waals surface area contributed by atoms with Crippen LogP contribution in [-0.2, 0) is 9.53 Å². The van der Waals surface area contributed by atoms with Crippen LogP contribution in [0.2, 0.25) is 0 Å². The van der Waals surface area contributed by atoms with E-state index < -0.39 is 17.7 Å². The first-order valence-electron chi connectivity index (χ1n) is 10.3. The van der Waals surface area contributed by atoms with Crippen molar-refractivity contribution in [3.05, 3.63) is 78.1 Å². The molecule has 178 valence electrons. The molecule has 0 saturated carbocycles. The molecule has 1 N–H and O–H groups in total. The zero-order valence-corrected chi connectivity index (χ0v) is 18.7. The second-order valence-electron chi connectivity index (χ2n) is 6.82. The quantitative estimate of drug-likeness (QED) is 0.334. The van der Waals surface area contributed by atoms with Crippen molar-refractivity contribution in [1.82, 2.24) is 0 Å². The fourth-order valence-corrected chi connectivity index (χ4v) is 2.92. The van der Waals surface area contributed by atoms with Gasteiger partial charge in [-0.2, -0.15) is 0 Å². The van der Waals surface area contributed by atoms with Crippen LogP contribution in [0.25, 0.3) is 0 Å². The normalized spacial score (nSPS) is 10.2. The molecule has 0 aliphatic rings. The number of nitrogens with one attached hydrogen (secondary N) is 1. The van der Waals surface area contributed by atoms with Crippen LogP contribution in [0.1, 0.15) is 10.4 Å². The molecular weight excluding hydrogens is 445 g/mol. The predicted octanol–water partition coefficient (Wildman–Crippen LogP) is 4.10. The molecule has 1 amide bonds. The number of carbonyl (C=O) groups excluding carboxylic acids is 2. The maximum atomic E-state index is 13.5. The third-order valence-electron chi connectivity index (χ3n) is 4.55. The van der Waals surface area contributed by atoms with E-state index in [9.17, 15) is 14.0 Å². The molecule has 3 aromatic carbocycles. The highest BCUT2D eigenvalue weighted by atomic mass is 19.1. The van der Waals surface area contributed by atoms with Gasteiger partial charge in [-0.1, -0.05) is 24.3 Å². The summed E-state index contributed by atoms with van der Waals surface area (Å²) in [7, 11) is 2.92. The molecule has 0 aromatic heterocycles. The number of methoxy groups -OCH3 is 2. The maximum Gasteiger partial charge on any atom is 0.338 e. The van der Waals surface area contributed by atoms with Crippen molar-refractivity contribution in [2.24, 2.45) is 0 Å². The molecule has 8 nitrogen and oxygen atoms in total. The van der Waals surface area contributed by atoms with Crippen LogP contribution < -0.4 is 24.3 Å². The molecule has 0 spiro atoms. The Morgan fingerprint density at radius 3 is 2.24 bits per heavy atom. The highest BCUT2D eigenvalue weighted by Gasteiger charge is 2.14. The summed E-state index contributed by atoms with van der Waals surface area (Å²) in [4.78, 5) is 24.6. The monoisotopic (exact) mass is 469 g/mol. The van der Waals surface area contributed by atoms with E-state index in [0.29, 0.717) is 11.4 Å². The van der Waals surface area contributed by atoms with E-state index in [0.717, 1.165) is 0 Å². The van der Waals surface area contributed by atoms with Crippen LogP contribution in [0.4, 0.5) is 10.1 Å². The molecule has 3 aromatic rings. The van der Waals surface area contributed by atoms with Crippen LogP contribution in [0.15, 0.2) is 66.7 Å². The van der Waals surface area contributed by atoms with Gasteiger partial charge >= 0.3 is 5.97 Å². The average Bonchev–Trinajstić information content (AvgIpc) is 2.86. The molecule has 0 bridgehead atoms. The number of amides is 1. The predicted molar refractivity (Wildman–Crippen MR) is 122 cm³/mol. The van der Waals surface area contributed by atoms with Gasteiger partial charge in [0.2, 0.25) is 0 Å². The molecule has 3 rings (SSSR count). The summed E-state index contributed by atoms with van der Waals surface area (Å²) in [5.41, 5.74) is 0.733. The number of halogens is 1. The van der Waals surface area contributed by atoms with E-state index in [1.807, 2.05) is 0 Å². The molecule has 0 radical (unpaired) electrons. The third kappa shape index (κ3) is 6.61. The van der Waals surface area contributed by atoms with Crippen molar-refractivity contribution < 1.29 is 37.7 Å². The number of anilines is 1. The Balaban J connectivity index is 1.51. The first-order chi connectivity index (χ1) is 16.5. The molecule has 0 aliphatic heterocycles. The molecule has 34 heavy (non-hydrogen) atoms. The Labute approximate surface area is 196 Å². The van der Waals surface area contributed by atoms with Gasteiger partial charge in [-0.15, -0.1) is 0 Å². The van der Waals surface area contributed by atoms with E-state index in [4.69, 9.17) is 23.7 Å². The molecule has 0 aliphatic carbocycles. The van der Waals surface area contributed by atoms with Gasteiger partial charge < -0.3 is 29.0 Å². The summed E-state index contributed by atoms with van der Waals surface area (Å²) in [5.74, 6) is -0.377. The minimum absolute atomic E-state index is 0.00762. The van der Waals surface area contributed by atoms with Gasteiger partial charge in [0, 0.05) is 0 Å². The summed E-state index contributed by atoms with van der Waals surface area (Å²) in [6, 6.07) is 17.4. The van der Waals surface area contributed by atoms with E-state index in [1.54, 1.807) is 36.4 Å². The molecule has 0 atom stereocenters. The van der Waals surface area contributed by atoms with Crippen molar-refractivity contribution in [2.45, 2.75) is 0 Å². The number of carbonyl (C=O) groups is 2. The lowest BCUT2D eigenvalue weighted by Crippen LogP contribution is -2.20. The average molecular weight is 469 g/mol. The minimum atomic E-state index is -0.615. The fourth-order valence-electron chi connectivity index (χ4n) is 2.92. The van der Waals surface area contributed by atoms with Gasteiger partial charge in [0.05, 0.1) is 25.5 Å². The van der Waals surface area contributed by atoms with Gasteiger partial charge in [-0.25, -0.2) is 9.18 Å². The zero-order valence-electron chi connectivity index (χ0n) is 18.7. The standard InChI is InChI=1S/C25H24FNO7/c1-30-21-10-6-4-8-19(21)27-24(28)16-34-22-12-11-17(15-23(22)31-2)25(29)33-14-13-32-20-9-5-3-7-18(20)26/h3-12,15H,13-14,16H2,1-2H3,(H,27,28). The maximum absolute atomic E-state index is 13.5. The van der Waals surface area contributed by atoms with E-state index in [-0.39, 0.29) is 42.6 Å². The summed E-state index contributed by atoms with van der Waals surface area (Å²) < 4.78 is 40.0. The summed E-state index contributed by atoms with van der Waals surface area (Å²) in [6.07, 6.45) is 0. The van der Waals surface area contributed by atoms with Gasteiger partial charge in [0.1, 0.15) is 19.0 Å². The first kappa shape index (κ1) is 24.4. The minimum Gasteiger partial charge on any atom is -0.495 e. The first-order valence-corrected chi connectivity index (χ1v) is 10.3. The van der Waals surface area contributed by atoms with E-state index in [1.165, 1.54) is 44.6 Å². The second-order valence-corrected chi connectivity index (χ2v) is 6.82. The Bertz CT molecular complexity index is 1140. The van der Waals surface area contributed by atoms with Crippen molar-refractivity contribution in [1.29, 1.82) is 0 Å². The van der Waals surface area contributed by atoms with Crippen molar-refractivity contribution in [3.63, 3.8) is 0 Å². The molecule has 0 heterocycles. The topological polar surface area (TPSA) is 92.3 Å². The third-order valence-corrected chi connectivity index (χ3v) is 4.55. The number of rotatable bonds is 11. The molecule has 0 fully saturated rings.